The normalized spacial score (nSPS) is 11.4. The monoisotopic (exact) mass is 1020 g/mol. The van der Waals surface area contributed by atoms with Crippen LogP contribution in [0, 0.1) is 42.4 Å². The number of methoxy groups -OCH3 is 1. The van der Waals surface area contributed by atoms with Crippen LogP contribution >= 0.6 is 0 Å². The number of nitrogen functional groups attached to an aromatic ring is 1. The van der Waals surface area contributed by atoms with Crippen molar-refractivity contribution < 1.29 is 66.9 Å². The summed E-state index contributed by atoms with van der Waals surface area (Å²) in [5.74, 6) is 5.32. The van der Waals surface area contributed by atoms with Crippen LogP contribution in [0.3, 0.4) is 0 Å². The fraction of sp³-hybridized carbons (Fsp3) is 0.569. The summed E-state index contributed by atoms with van der Waals surface area (Å²) in [5, 5.41) is 15.1. The van der Waals surface area contributed by atoms with Crippen molar-refractivity contribution in [2.75, 3.05) is 130 Å². The maximum atomic E-state index is 12.6. The molecule has 0 bridgehead atoms. The van der Waals surface area contributed by atoms with Gasteiger partial charge >= 0.3 is 5.97 Å². The summed E-state index contributed by atoms with van der Waals surface area (Å²) in [5.41, 5.74) is 5.90. The molecule has 1 aromatic carbocycles. The molecule has 0 fully saturated rings. The van der Waals surface area contributed by atoms with Gasteiger partial charge in [-0.1, -0.05) is 24.7 Å². The molecule has 0 radical (unpaired) electrons. The van der Waals surface area contributed by atoms with Crippen LogP contribution in [0.1, 0.15) is 67.9 Å². The number of carbonyl (C=O) groups excluding carboxylic acids is 3. The highest BCUT2D eigenvalue weighted by Crippen LogP contribution is 2.26. The summed E-state index contributed by atoms with van der Waals surface area (Å²) < 4.78 is 48.4. The SMILES string of the molecule is C#CCOCC(COCC#C)(COCC#C)CC(=O)CCOCCOCCOCCOCCOC.CCCOCCCC(=O)CC[C@H](NC(=O)c1ccc(NCc2cnc3nc(N)[nH]c(=O)c3n2)cc1)C(=O)O. The molecule has 1 atom stereocenters. The molecule has 400 valence electrons. The van der Waals surface area contributed by atoms with E-state index in [1.807, 2.05) is 6.92 Å². The van der Waals surface area contributed by atoms with Crippen molar-refractivity contribution in [2.24, 2.45) is 5.41 Å². The van der Waals surface area contributed by atoms with Gasteiger partial charge in [0.05, 0.1) is 97.7 Å². The second-order valence-electron chi connectivity index (χ2n) is 16.1. The number of H-pyrrole nitrogens is 1. The number of carboxylic acids is 1. The predicted octanol–water partition coefficient (Wildman–Crippen LogP) is 2.63. The van der Waals surface area contributed by atoms with Crippen LogP contribution in [0.15, 0.2) is 35.3 Å². The minimum atomic E-state index is -1.20. The molecular weight excluding hydrogens is 951 g/mol. The molecule has 22 nitrogen and oxygen atoms in total. The van der Waals surface area contributed by atoms with Gasteiger partial charge in [-0.2, -0.15) is 4.98 Å². The van der Waals surface area contributed by atoms with E-state index >= 15 is 0 Å². The molecule has 3 rings (SSSR count). The first-order valence-corrected chi connectivity index (χ1v) is 23.7. The summed E-state index contributed by atoms with van der Waals surface area (Å²) in [6, 6.07) is 5.21. The molecule has 0 saturated heterocycles. The number of terminal acetylenes is 3. The van der Waals surface area contributed by atoms with Crippen molar-refractivity contribution >= 4 is 46.2 Å². The van der Waals surface area contributed by atoms with E-state index in [-0.39, 0.29) is 113 Å². The molecule has 22 heteroatoms. The third-order valence-corrected chi connectivity index (χ3v) is 9.94. The largest absolute Gasteiger partial charge is 0.480 e. The highest BCUT2D eigenvalue weighted by molar-refractivity contribution is 5.97. The van der Waals surface area contributed by atoms with Gasteiger partial charge in [0, 0.05) is 62.7 Å². The van der Waals surface area contributed by atoms with E-state index in [0.29, 0.717) is 90.3 Å². The summed E-state index contributed by atoms with van der Waals surface area (Å²) in [6.07, 6.45) is 19.5. The summed E-state index contributed by atoms with van der Waals surface area (Å²) >= 11 is 0. The lowest BCUT2D eigenvalue weighted by molar-refractivity contribution is -0.139. The molecule has 6 N–H and O–H groups in total. The number of Topliss-reactive ketones (excluding diaryl/α,β-unsaturated/α-hetero) is 2. The minimum absolute atomic E-state index is 0.00705. The van der Waals surface area contributed by atoms with Crippen molar-refractivity contribution in [3.8, 4) is 37.0 Å². The Morgan fingerprint density at radius 3 is 1.85 bits per heavy atom. The van der Waals surface area contributed by atoms with E-state index in [2.05, 4.69) is 48.3 Å². The Labute approximate surface area is 426 Å². The Morgan fingerprint density at radius 1 is 0.740 bits per heavy atom. The Kier molecular flexibility index (Phi) is 33.7. The summed E-state index contributed by atoms with van der Waals surface area (Å²) in [7, 11) is 1.63. The molecule has 2 aromatic heterocycles. The molecule has 0 saturated carbocycles. The van der Waals surface area contributed by atoms with Gasteiger partial charge < -0.3 is 64.1 Å². The van der Waals surface area contributed by atoms with Crippen molar-refractivity contribution in [2.45, 2.75) is 64.5 Å². The fourth-order valence-electron chi connectivity index (χ4n) is 6.39. The Morgan fingerprint density at radius 2 is 1.30 bits per heavy atom. The second kappa shape index (κ2) is 39.2. The van der Waals surface area contributed by atoms with Crippen LogP contribution in [-0.4, -0.2) is 174 Å². The topological polar surface area (TPSA) is 293 Å². The Balaban J connectivity index is 0.000000503. The Hall–Kier alpha value is -6.36. The quantitative estimate of drug-likeness (QED) is 0.0403. The first kappa shape index (κ1) is 62.8. The number of nitrogens with one attached hydrogen (secondary N) is 3. The van der Waals surface area contributed by atoms with Gasteiger partial charge in [0.2, 0.25) is 5.95 Å². The van der Waals surface area contributed by atoms with Gasteiger partial charge in [-0.15, -0.1) is 19.3 Å². The lowest BCUT2D eigenvalue weighted by Crippen LogP contribution is -2.41. The van der Waals surface area contributed by atoms with Gasteiger partial charge in [0.1, 0.15) is 37.4 Å². The number of hydrogen-bond donors (Lipinski definition) is 5. The Bertz CT molecular complexity index is 2210. The van der Waals surface area contributed by atoms with Gasteiger partial charge in [0.25, 0.3) is 11.5 Å². The lowest BCUT2D eigenvalue weighted by atomic mass is 9.84. The zero-order chi connectivity index (χ0) is 53.4. The highest BCUT2D eigenvalue weighted by Gasteiger charge is 2.34. The number of nitrogens with two attached hydrogens (primary N) is 1. The van der Waals surface area contributed by atoms with Crippen molar-refractivity contribution in [1.29, 1.82) is 0 Å². The molecule has 0 spiro atoms. The van der Waals surface area contributed by atoms with Crippen LogP contribution in [0.25, 0.3) is 11.2 Å². The number of carboxylic acid groups (broad SMARTS) is 1. The van der Waals surface area contributed by atoms with E-state index in [9.17, 15) is 29.1 Å². The van der Waals surface area contributed by atoms with Crippen LogP contribution in [0.4, 0.5) is 11.6 Å². The van der Waals surface area contributed by atoms with E-state index in [4.69, 9.17) is 67.6 Å². The number of aliphatic carboxylic acids is 1. The van der Waals surface area contributed by atoms with Gasteiger partial charge in [-0.25, -0.2) is 14.8 Å². The highest BCUT2D eigenvalue weighted by atomic mass is 16.6. The molecule has 2 heterocycles. The van der Waals surface area contributed by atoms with Crippen molar-refractivity contribution in [3.63, 3.8) is 0 Å². The van der Waals surface area contributed by atoms with E-state index in [0.717, 1.165) is 6.42 Å². The number of aromatic nitrogens is 4. The fourth-order valence-corrected chi connectivity index (χ4v) is 6.39. The molecule has 0 aliphatic heterocycles. The average Bonchev–Trinajstić information content (AvgIpc) is 3.37. The number of ether oxygens (including phenoxy) is 9. The summed E-state index contributed by atoms with van der Waals surface area (Å²) in [6.45, 7) is 8.36. The van der Waals surface area contributed by atoms with Crippen molar-refractivity contribution in [3.05, 3.63) is 52.1 Å². The van der Waals surface area contributed by atoms with Gasteiger partial charge in [-0.3, -0.25) is 24.2 Å². The van der Waals surface area contributed by atoms with Gasteiger partial charge in [-0.05, 0) is 43.5 Å². The number of carbonyl (C=O) groups is 4. The number of benzene rings is 1. The summed E-state index contributed by atoms with van der Waals surface area (Å²) in [4.78, 5) is 75.5. The number of ketones is 2. The first-order chi connectivity index (χ1) is 35.4. The van der Waals surface area contributed by atoms with Crippen LogP contribution in [-0.2, 0) is 63.6 Å². The number of nitrogens with zero attached hydrogens (tertiary/aromatic N) is 3. The molecule has 0 aliphatic rings. The molecule has 73 heavy (non-hydrogen) atoms. The third-order valence-electron chi connectivity index (χ3n) is 9.94. The van der Waals surface area contributed by atoms with Crippen LogP contribution in [0.5, 0.6) is 0 Å². The molecule has 1 amide bonds. The maximum absolute atomic E-state index is 12.6. The number of amides is 1. The predicted molar refractivity (Wildman–Crippen MR) is 270 cm³/mol. The maximum Gasteiger partial charge on any atom is 0.326 e. The molecular formula is C51H71N7O15. The molecule has 0 unspecified atom stereocenters. The second-order valence-corrected chi connectivity index (χ2v) is 16.1. The number of hydrogen-bond acceptors (Lipinski definition) is 19. The smallest absolute Gasteiger partial charge is 0.326 e. The number of anilines is 2. The van der Waals surface area contributed by atoms with Crippen LogP contribution in [0.2, 0.25) is 0 Å². The van der Waals surface area contributed by atoms with E-state index in [1.54, 1.807) is 31.4 Å². The van der Waals surface area contributed by atoms with Crippen molar-refractivity contribution in [1.82, 2.24) is 25.3 Å². The minimum Gasteiger partial charge on any atom is -0.480 e. The average molecular weight is 1020 g/mol. The standard InChI is InChI=1S/C26H40O9.C25H31N7O6/c1-5-9-33-22-26(23-34-10-6-2,24-35-11-7-3)21-25(27)8-12-29-15-16-31-19-20-32-18-17-30-14-13-28-4;1-2-11-38-12-3-4-18(33)9-10-19(24(36)37)30-22(34)15-5-7-16(8-6-15)27-13-17-14-28-21-20(29-17)23(35)32-25(26)31-21/h1-3H,8-24H2,4H3;5-8,14,19,27H,2-4,9-13H2,1H3,(H,30,34)(H,36,37)(H3,26,28,31,32,35)/t;19-/m.0/s1. The number of aromatic amines is 1. The number of fused-ring (bicyclic) bond motifs is 1. The third kappa shape index (κ3) is 28.5. The van der Waals surface area contributed by atoms with E-state index in [1.165, 1.54) is 6.20 Å². The zero-order valence-electron chi connectivity index (χ0n) is 42.0. The van der Waals surface area contributed by atoms with Crippen LogP contribution < -0.4 is 21.9 Å². The first-order valence-electron chi connectivity index (χ1n) is 23.7. The van der Waals surface area contributed by atoms with E-state index < -0.39 is 28.9 Å². The molecule has 3 aromatic rings. The van der Waals surface area contributed by atoms with Gasteiger partial charge in [0.15, 0.2) is 11.2 Å². The number of rotatable bonds is 41. The lowest BCUT2D eigenvalue weighted by Gasteiger charge is -2.32. The molecule has 0 aliphatic carbocycles. The zero-order valence-corrected chi connectivity index (χ0v) is 42.0.